The lowest BCUT2D eigenvalue weighted by molar-refractivity contribution is 0.432. The lowest BCUT2D eigenvalue weighted by atomic mass is 11.8. The monoisotopic (exact) mass is 94.0 g/mol. The Morgan fingerprint density at radius 3 is 2.20 bits per heavy atom. The van der Waals surface area contributed by atoms with Crippen LogP contribution in [0.15, 0.2) is 0 Å². The summed E-state index contributed by atoms with van der Waals surface area (Å²) in [5, 5.41) is 0. The normalized spacial score (nSPS) is 14.8. The Bertz CT molecular complexity index is 42.9. The maximum absolute atomic E-state index is 8.06. The Morgan fingerprint density at radius 1 is 2.00 bits per heavy atom. The molecule has 0 saturated heterocycles. The second-order valence-electron chi connectivity index (χ2n) is 0.488. The van der Waals surface area contributed by atoms with E-state index in [1.165, 1.54) is 7.11 Å². The second-order valence-corrected chi connectivity index (χ2v) is 1.46. The lowest BCUT2D eigenvalue weighted by Crippen LogP contribution is -1.63. The Hall–Kier alpha value is 0.140. The molecule has 0 spiro atoms. The van der Waals surface area contributed by atoms with Crippen molar-refractivity contribution in [2.24, 2.45) is 0 Å². The molecule has 0 aliphatic carbocycles. The first-order valence-electron chi connectivity index (χ1n) is 1.05. The summed E-state index contributed by atoms with van der Waals surface area (Å²) in [6.07, 6.45) is 0. The minimum absolute atomic E-state index is 1.07. The quantitative estimate of drug-likeness (QED) is 0.485. The molecule has 0 saturated carbocycles. The smallest absolute Gasteiger partial charge is 0.0653 e. The van der Waals surface area contributed by atoms with Crippen molar-refractivity contribution in [2.45, 2.75) is 0 Å². The van der Waals surface area contributed by atoms with Gasteiger partial charge in [0.1, 0.15) is 0 Å². The lowest BCUT2D eigenvalue weighted by Gasteiger charge is -1.85. The molecule has 0 aromatic rings. The van der Waals surface area contributed by atoms with Gasteiger partial charge in [0.25, 0.3) is 0 Å². The van der Waals surface area contributed by atoms with Gasteiger partial charge in [-0.2, -0.15) is 0 Å². The van der Waals surface area contributed by atoms with E-state index in [9.17, 15) is 0 Å². The van der Waals surface area contributed by atoms with Crippen LogP contribution in [-0.2, 0) is 4.18 Å². The molecular formula is C2H6O2S. The third-order valence-electron chi connectivity index (χ3n) is 0.192. The SMILES string of the molecule is C=S(O)OC. The van der Waals surface area contributed by atoms with Crippen LogP contribution in [0.3, 0.4) is 0 Å². The standard InChI is InChI=1S/C2H6O2S/c1-4-5(2)3/h3H,2H2,1H3. The van der Waals surface area contributed by atoms with Crippen molar-refractivity contribution in [3.8, 4) is 0 Å². The van der Waals surface area contributed by atoms with Crippen LogP contribution in [0.2, 0.25) is 0 Å². The topological polar surface area (TPSA) is 29.5 Å². The van der Waals surface area contributed by atoms with Gasteiger partial charge in [0.15, 0.2) is 0 Å². The number of hydrogen-bond donors (Lipinski definition) is 1. The van der Waals surface area contributed by atoms with Crippen LogP contribution in [0.5, 0.6) is 0 Å². The fraction of sp³-hybridized carbons (Fsp3) is 0.500. The Kier molecular flexibility index (Phi) is 2.45. The highest BCUT2D eigenvalue weighted by Gasteiger charge is 1.64. The fourth-order valence-corrected chi connectivity index (χ4v) is 0. The Morgan fingerprint density at radius 2 is 2.20 bits per heavy atom. The number of rotatable bonds is 1. The predicted molar refractivity (Wildman–Crippen MR) is 24.3 cm³/mol. The van der Waals surface area contributed by atoms with Crippen LogP contribution >= 0.6 is 11.0 Å². The second kappa shape index (κ2) is 2.38. The van der Waals surface area contributed by atoms with E-state index in [-0.39, 0.29) is 0 Å². The van der Waals surface area contributed by atoms with Crippen molar-refractivity contribution >= 4 is 16.9 Å². The van der Waals surface area contributed by atoms with E-state index in [0.29, 0.717) is 0 Å². The molecule has 1 atom stereocenters. The van der Waals surface area contributed by atoms with Gasteiger partial charge in [-0.25, -0.2) is 0 Å². The summed E-state index contributed by atoms with van der Waals surface area (Å²) in [7, 11) is 1.40. The van der Waals surface area contributed by atoms with Gasteiger partial charge in [-0.1, -0.05) is 0 Å². The molecular weight excluding hydrogens is 88.1 g/mol. The van der Waals surface area contributed by atoms with Crippen LogP contribution < -0.4 is 0 Å². The Labute approximate surface area is 33.7 Å². The first kappa shape index (κ1) is 5.14. The van der Waals surface area contributed by atoms with Gasteiger partial charge in [-0.05, 0) is 5.87 Å². The van der Waals surface area contributed by atoms with Gasteiger partial charge in [0, 0.05) is 0 Å². The van der Waals surface area contributed by atoms with E-state index in [1.54, 1.807) is 0 Å². The van der Waals surface area contributed by atoms with Crippen LogP contribution in [0.25, 0.3) is 0 Å². The van der Waals surface area contributed by atoms with Crippen LogP contribution in [0.1, 0.15) is 0 Å². The molecule has 0 bridgehead atoms. The summed E-state index contributed by atoms with van der Waals surface area (Å²) in [6.45, 7) is 0. The first-order valence-corrected chi connectivity index (χ1v) is 2.32. The molecule has 3 heteroatoms. The summed E-state index contributed by atoms with van der Waals surface area (Å²) in [5.41, 5.74) is 0. The largest absolute Gasteiger partial charge is 0.315 e. The molecule has 0 heterocycles. The maximum atomic E-state index is 8.06. The zero-order valence-corrected chi connectivity index (χ0v) is 3.79. The van der Waals surface area contributed by atoms with E-state index < -0.39 is 11.0 Å². The molecule has 0 fully saturated rings. The molecule has 1 N–H and O–H groups in total. The summed E-state index contributed by atoms with van der Waals surface area (Å²) in [6, 6.07) is 0. The molecule has 1 unspecified atom stereocenters. The average Bonchev–Trinajstić information content (AvgIpc) is 1.38. The molecule has 0 aromatic heterocycles. The molecule has 0 rings (SSSR count). The number of hydrogen-bond acceptors (Lipinski definition) is 2. The van der Waals surface area contributed by atoms with Gasteiger partial charge in [-0.15, -0.1) is 0 Å². The average molecular weight is 94.1 g/mol. The van der Waals surface area contributed by atoms with Crippen molar-refractivity contribution in [3.63, 3.8) is 0 Å². The van der Waals surface area contributed by atoms with Gasteiger partial charge in [0.05, 0.1) is 18.2 Å². The highest BCUT2D eigenvalue weighted by Crippen LogP contribution is 1.96. The molecule has 32 valence electrons. The first-order chi connectivity index (χ1) is 2.27. The van der Waals surface area contributed by atoms with Crippen LogP contribution in [-0.4, -0.2) is 17.5 Å². The highest BCUT2D eigenvalue weighted by molar-refractivity contribution is 8.04. The molecule has 5 heavy (non-hydrogen) atoms. The summed E-state index contributed by atoms with van der Waals surface area (Å²) in [5.74, 6) is 3.12. The predicted octanol–water partition coefficient (Wildman–Crippen LogP) is 0.722. The van der Waals surface area contributed by atoms with E-state index in [0.717, 1.165) is 0 Å². The highest BCUT2D eigenvalue weighted by atomic mass is 32.2. The van der Waals surface area contributed by atoms with Crippen molar-refractivity contribution < 1.29 is 8.74 Å². The molecule has 0 aliphatic heterocycles. The minimum Gasteiger partial charge on any atom is -0.315 e. The van der Waals surface area contributed by atoms with Gasteiger partial charge in [0.2, 0.25) is 0 Å². The third-order valence-corrected chi connectivity index (χ3v) is 0.577. The minimum atomic E-state index is -1.07. The Balaban J connectivity index is 2.85. The van der Waals surface area contributed by atoms with Gasteiger partial charge in [-0.3, -0.25) is 0 Å². The zero-order chi connectivity index (χ0) is 4.28. The van der Waals surface area contributed by atoms with Crippen LogP contribution in [0.4, 0.5) is 0 Å². The van der Waals surface area contributed by atoms with E-state index in [1.807, 2.05) is 0 Å². The fourth-order valence-electron chi connectivity index (χ4n) is 0. The van der Waals surface area contributed by atoms with Crippen molar-refractivity contribution in [2.75, 3.05) is 7.11 Å². The van der Waals surface area contributed by atoms with Crippen LogP contribution in [0, 0.1) is 0 Å². The summed E-state index contributed by atoms with van der Waals surface area (Å²) < 4.78 is 12.3. The van der Waals surface area contributed by atoms with E-state index in [2.05, 4.69) is 10.1 Å². The molecule has 0 aliphatic rings. The van der Waals surface area contributed by atoms with E-state index >= 15 is 0 Å². The van der Waals surface area contributed by atoms with Crippen molar-refractivity contribution in [1.82, 2.24) is 0 Å². The van der Waals surface area contributed by atoms with E-state index in [4.69, 9.17) is 4.55 Å². The molecule has 2 nitrogen and oxygen atoms in total. The van der Waals surface area contributed by atoms with Gasteiger partial charge < -0.3 is 8.74 Å². The van der Waals surface area contributed by atoms with Crippen molar-refractivity contribution in [1.29, 1.82) is 0 Å². The molecule has 0 amide bonds. The summed E-state index contributed by atoms with van der Waals surface area (Å²) in [4.78, 5) is 0. The maximum Gasteiger partial charge on any atom is 0.0653 e. The van der Waals surface area contributed by atoms with Gasteiger partial charge >= 0.3 is 0 Å². The molecule has 0 aromatic carbocycles. The zero-order valence-electron chi connectivity index (χ0n) is 2.97. The third kappa shape index (κ3) is 4.14. The van der Waals surface area contributed by atoms with Crippen molar-refractivity contribution in [3.05, 3.63) is 0 Å². The molecule has 0 radical (unpaired) electrons. The summed E-state index contributed by atoms with van der Waals surface area (Å²) >= 11 is -1.07.